The third-order valence-electron chi connectivity index (χ3n) is 10.6. The van der Waals surface area contributed by atoms with Crippen molar-refractivity contribution >= 4 is 43.6 Å². The number of halogens is 4. The van der Waals surface area contributed by atoms with Crippen LogP contribution in [0.2, 0.25) is 0 Å². The Labute approximate surface area is 313 Å². The van der Waals surface area contributed by atoms with E-state index in [1.54, 1.807) is 33.4 Å². The van der Waals surface area contributed by atoms with E-state index in [2.05, 4.69) is 0 Å². The molecule has 10 aromatic rings. The molecule has 0 atom stereocenters. The van der Waals surface area contributed by atoms with Gasteiger partial charge in [0.15, 0.2) is 0 Å². The first-order valence-electron chi connectivity index (χ1n) is 18.0. The number of hydrogen-bond acceptors (Lipinski definition) is 0. The SMILES string of the molecule is Fc1cccc(-c2cc(-n3c4ccccc4c4ccc(-c5ccccc5)cc43)c(C(F)(F)F)c(-n3c4ccccc4c4ccc(-c5ccccc5)cc43)c2)c1. The zero-order valence-corrected chi connectivity index (χ0v) is 29.2. The van der Waals surface area contributed by atoms with E-state index < -0.39 is 17.6 Å². The van der Waals surface area contributed by atoms with E-state index in [0.29, 0.717) is 33.2 Å². The summed E-state index contributed by atoms with van der Waals surface area (Å²) < 4.78 is 67.3. The van der Waals surface area contributed by atoms with Crippen molar-refractivity contribution in [3.05, 3.63) is 193 Å². The summed E-state index contributed by atoms with van der Waals surface area (Å²) in [6.45, 7) is 0. The van der Waals surface area contributed by atoms with Gasteiger partial charge in [0.2, 0.25) is 0 Å². The molecule has 2 nitrogen and oxygen atoms in total. The molecule has 2 heterocycles. The molecule has 0 saturated heterocycles. The highest BCUT2D eigenvalue weighted by Gasteiger charge is 2.39. The van der Waals surface area contributed by atoms with Gasteiger partial charge in [0, 0.05) is 21.5 Å². The van der Waals surface area contributed by atoms with Crippen molar-refractivity contribution in [2.45, 2.75) is 6.18 Å². The molecule has 55 heavy (non-hydrogen) atoms. The highest BCUT2D eigenvalue weighted by atomic mass is 19.4. The van der Waals surface area contributed by atoms with Crippen LogP contribution in [0, 0.1) is 5.82 Å². The van der Waals surface area contributed by atoms with Crippen LogP contribution in [-0.4, -0.2) is 9.13 Å². The summed E-state index contributed by atoms with van der Waals surface area (Å²) in [7, 11) is 0. The summed E-state index contributed by atoms with van der Waals surface area (Å²) in [6, 6.07) is 55.8. The van der Waals surface area contributed by atoms with Gasteiger partial charge >= 0.3 is 6.18 Å². The third kappa shape index (κ3) is 5.40. The molecule has 10 rings (SSSR count). The molecule has 0 aliphatic rings. The van der Waals surface area contributed by atoms with Gasteiger partial charge in [0.1, 0.15) is 11.4 Å². The zero-order chi connectivity index (χ0) is 37.3. The molecule has 0 fully saturated rings. The molecule has 264 valence electrons. The van der Waals surface area contributed by atoms with Gasteiger partial charge in [-0.2, -0.15) is 13.2 Å². The van der Waals surface area contributed by atoms with Crippen LogP contribution in [-0.2, 0) is 6.18 Å². The van der Waals surface area contributed by atoms with Crippen molar-refractivity contribution < 1.29 is 17.6 Å². The lowest BCUT2D eigenvalue weighted by atomic mass is 9.98. The lowest BCUT2D eigenvalue weighted by Crippen LogP contribution is -2.16. The molecule has 0 radical (unpaired) electrons. The number of rotatable bonds is 5. The summed E-state index contributed by atoms with van der Waals surface area (Å²) in [4.78, 5) is 0. The van der Waals surface area contributed by atoms with Crippen molar-refractivity contribution in [2.24, 2.45) is 0 Å². The molecule has 0 aliphatic carbocycles. The van der Waals surface area contributed by atoms with E-state index in [0.717, 1.165) is 43.8 Å². The first kappa shape index (κ1) is 32.7. The van der Waals surface area contributed by atoms with E-state index in [4.69, 9.17) is 0 Å². The van der Waals surface area contributed by atoms with E-state index in [9.17, 15) is 4.39 Å². The standard InChI is InChI=1S/C49H30F4N2/c50-37-17-11-16-33(26-37)36-29-46(54-42-20-9-7-18-38(42)40-24-22-34(27-44(40)54)31-12-3-1-4-13-31)48(49(51,52)53)47(30-36)55-43-21-10-8-19-39(43)41-25-23-35(28-45(41)55)32-14-5-2-6-15-32/h1-30H. The van der Waals surface area contributed by atoms with E-state index >= 15 is 13.2 Å². The quantitative estimate of drug-likeness (QED) is 0.157. The molecule has 0 unspecified atom stereocenters. The average molecular weight is 723 g/mol. The number of benzene rings is 8. The van der Waals surface area contributed by atoms with Crippen molar-refractivity contribution in [3.8, 4) is 44.8 Å². The molecule has 6 heteroatoms. The molecule has 0 bridgehead atoms. The van der Waals surface area contributed by atoms with E-state index in [-0.39, 0.29) is 11.4 Å². The van der Waals surface area contributed by atoms with E-state index in [1.807, 2.05) is 146 Å². The zero-order valence-electron chi connectivity index (χ0n) is 29.2. The molecule has 0 aliphatic heterocycles. The minimum atomic E-state index is -4.81. The van der Waals surface area contributed by atoms with Crippen LogP contribution in [0.1, 0.15) is 5.56 Å². The van der Waals surface area contributed by atoms with Gasteiger partial charge in [-0.1, -0.05) is 133 Å². The van der Waals surface area contributed by atoms with Crippen molar-refractivity contribution in [1.29, 1.82) is 0 Å². The summed E-state index contributed by atoms with van der Waals surface area (Å²) in [5.41, 5.74) is 6.19. The molecular weight excluding hydrogens is 693 g/mol. The van der Waals surface area contributed by atoms with Crippen LogP contribution in [0.15, 0.2) is 182 Å². The maximum absolute atomic E-state index is 16.3. The lowest BCUT2D eigenvalue weighted by Gasteiger charge is -2.23. The van der Waals surface area contributed by atoms with Crippen LogP contribution in [0.4, 0.5) is 17.6 Å². The summed E-state index contributed by atoms with van der Waals surface area (Å²) >= 11 is 0. The van der Waals surface area contributed by atoms with Gasteiger partial charge < -0.3 is 9.13 Å². The second kappa shape index (κ2) is 12.6. The minimum absolute atomic E-state index is 0.0502. The van der Waals surface area contributed by atoms with Crippen LogP contribution in [0.3, 0.4) is 0 Å². The molecule has 0 spiro atoms. The molecule has 8 aromatic carbocycles. The second-order valence-corrected chi connectivity index (χ2v) is 13.8. The van der Waals surface area contributed by atoms with Gasteiger partial charge in [-0.3, -0.25) is 0 Å². The Bertz CT molecular complexity index is 2900. The van der Waals surface area contributed by atoms with Crippen LogP contribution < -0.4 is 0 Å². The largest absolute Gasteiger partial charge is 0.420 e. The number of hydrogen-bond donors (Lipinski definition) is 0. The fourth-order valence-electron chi connectivity index (χ4n) is 8.17. The van der Waals surface area contributed by atoms with Crippen molar-refractivity contribution in [3.63, 3.8) is 0 Å². The van der Waals surface area contributed by atoms with Gasteiger partial charge in [-0.25, -0.2) is 4.39 Å². The Morgan fingerprint density at radius 3 is 1.22 bits per heavy atom. The lowest BCUT2D eigenvalue weighted by molar-refractivity contribution is -0.137. The Morgan fingerprint density at radius 1 is 0.327 bits per heavy atom. The topological polar surface area (TPSA) is 9.86 Å². The summed E-state index contributed by atoms with van der Waals surface area (Å²) in [6.07, 6.45) is -4.81. The van der Waals surface area contributed by atoms with Crippen molar-refractivity contribution in [1.82, 2.24) is 9.13 Å². The fourth-order valence-corrected chi connectivity index (χ4v) is 8.17. The highest BCUT2D eigenvalue weighted by Crippen LogP contribution is 2.47. The molecule has 0 N–H and O–H groups in total. The van der Waals surface area contributed by atoms with Gasteiger partial charge in [-0.05, 0) is 81.9 Å². The molecule has 2 aromatic heterocycles. The Balaban J connectivity index is 1.38. The van der Waals surface area contributed by atoms with Crippen molar-refractivity contribution in [2.75, 3.05) is 0 Å². The first-order valence-corrected chi connectivity index (χ1v) is 18.0. The first-order chi connectivity index (χ1) is 26.8. The van der Waals surface area contributed by atoms with Crippen LogP contribution >= 0.6 is 0 Å². The third-order valence-corrected chi connectivity index (χ3v) is 10.6. The monoisotopic (exact) mass is 722 g/mol. The Morgan fingerprint density at radius 2 is 0.745 bits per heavy atom. The maximum atomic E-state index is 16.3. The van der Waals surface area contributed by atoms with E-state index in [1.165, 1.54) is 12.1 Å². The average Bonchev–Trinajstić information content (AvgIpc) is 3.72. The number of para-hydroxylation sites is 2. The smallest absolute Gasteiger partial charge is 0.309 e. The number of nitrogens with zero attached hydrogens (tertiary/aromatic N) is 2. The van der Waals surface area contributed by atoms with Crippen LogP contribution in [0.25, 0.3) is 88.4 Å². The predicted molar refractivity (Wildman–Crippen MR) is 216 cm³/mol. The highest BCUT2D eigenvalue weighted by molar-refractivity contribution is 6.12. The second-order valence-electron chi connectivity index (χ2n) is 13.8. The maximum Gasteiger partial charge on any atom is 0.420 e. The molecular formula is C49H30F4N2. The van der Waals surface area contributed by atoms with Crippen LogP contribution in [0.5, 0.6) is 0 Å². The summed E-state index contributed by atoms with van der Waals surface area (Å²) in [5.74, 6) is -0.478. The summed E-state index contributed by atoms with van der Waals surface area (Å²) in [5, 5.41) is 3.30. The minimum Gasteiger partial charge on any atom is -0.309 e. The Kier molecular flexibility index (Phi) is 7.49. The fraction of sp³-hybridized carbons (Fsp3) is 0.0204. The number of alkyl halides is 3. The number of aromatic nitrogens is 2. The van der Waals surface area contributed by atoms with Gasteiger partial charge in [-0.15, -0.1) is 0 Å². The molecule has 0 amide bonds. The predicted octanol–water partition coefficient (Wildman–Crippen LogP) is 14.0. The van der Waals surface area contributed by atoms with Gasteiger partial charge in [0.05, 0.1) is 33.4 Å². The Hall–Kier alpha value is -6.92. The normalized spacial score (nSPS) is 12.0. The number of fused-ring (bicyclic) bond motifs is 6. The van der Waals surface area contributed by atoms with Gasteiger partial charge in [0.25, 0.3) is 0 Å². The molecule has 0 saturated carbocycles.